The Morgan fingerprint density at radius 1 is 1.36 bits per heavy atom. The van der Waals surface area contributed by atoms with E-state index in [1.54, 1.807) is 0 Å². The summed E-state index contributed by atoms with van der Waals surface area (Å²) in [4.78, 5) is 11.3. The molecule has 2 nitrogen and oxygen atoms in total. The number of nitrogens with two attached hydrogens (primary N) is 1. The van der Waals surface area contributed by atoms with E-state index < -0.39 is 17.4 Å². The maximum absolute atomic E-state index is 12.7. The zero-order chi connectivity index (χ0) is 10.7. The van der Waals surface area contributed by atoms with Crippen molar-refractivity contribution in [2.24, 2.45) is 5.73 Å². The molecule has 0 aliphatic heterocycles. The van der Waals surface area contributed by atoms with E-state index in [0.717, 1.165) is 12.1 Å². The third-order valence-corrected chi connectivity index (χ3v) is 1.99. The summed E-state index contributed by atoms with van der Waals surface area (Å²) < 4.78 is 25.4. The molecule has 1 aromatic rings. The molecular formula is C9H8ClF2NO. The van der Waals surface area contributed by atoms with Gasteiger partial charge in [0, 0.05) is 12.0 Å². The molecule has 0 aliphatic rings. The largest absolute Gasteiger partial charge is 0.330 e. The summed E-state index contributed by atoms with van der Waals surface area (Å²) in [6, 6.07) is 1.57. The van der Waals surface area contributed by atoms with Gasteiger partial charge in [-0.05, 0) is 18.7 Å². The smallest absolute Gasteiger partial charge is 0.165 e. The van der Waals surface area contributed by atoms with Gasteiger partial charge in [-0.15, -0.1) is 0 Å². The highest BCUT2D eigenvalue weighted by Gasteiger charge is 2.13. The van der Waals surface area contributed by atoms with Crippen LogP contribution in [0.15, 0.2) is 12.1 Å². The average molecular weight is 220 g/mol. The van der Waals surface area contributed by atoms with E-state index in [4.69, 9.17) is 17.3 Å². The average Bonchev–Trinajstić information content (AvgIpc) is 2.11. The highest BCUT2D eigenvalue weighted by atomic mass is 35.5. The minimum Gasteiger partial charge on any atom is -0.330 e. The first-order chi connectivity index (χ1) is 6.56. The van der Waals surface area contributed by atoms with E-state index >= 15 is 0 Å². The molecular weight excluding hydrogens is 212 g/mol. The van der Waals surface area contributed by atoms with Crippen molar-refractivity contribution in [2.45, 2.75) is 6.42 Å². The molecule has 0 amide bonds. The maximum Gasteiger partial charge on any atom is 0.165 e. The number of halogens is 3. The number of hydrogen-bond acceptors (Lipinski definition) is 2. The second-order valence-corrected chi connectivity index (χ2v) is 3.12. The highest BCUT2D eigenvalue weighted by Crippen LogP contribution is 2.21. The van der Waals surface area contributed by atoms with Crippen molar-refractivity contribution in [3.63, 3.8) is 0 Å². The number of carbonyl (C=O) groups is 1. The molecule has 0 saturated carbocycles. The Kier molecular flexibility index (Phi) is 3.55. The van der Waals surface area contributed by atoms with Gasteiger partial charge in [0.1, 0.15) is 0 Å². The Labute approximate surface area is 84.7 Å². The number of Topliss-reactive ketones (excluding diaryl/α,β-unsaturated/α-hetero) is 1. The number of rotatable bonds is 3. The van der Waals surface area contributed by atoms with Gasteiger partial charge in [-0.1, -0.05) is 11.6 Å². The summed E-state index contributed by atoms with van der Waals surface area (Å²) in [6.45, 7) is 0.147. The van der Waals surface area contributed by atoms with E-state index in [2.05, 4.69) is 0 Å². The minimum absolute atomic E-state index is 0.0315. The fourth-order valence-electron chi connectivity index (χ4n) is 1.00. The van der Waals surface area contributed by atoms with E-state index in [-0.39, 0.29) is 23.6 Å². The van der Waals surface area contributed by atoms with Gasteiger partial charge in [-0.25, -0.2) is 8.78 Å². The third-order valence-electron chi connectivity index (χ3n) is 1.68. The molecule has 1 aromatic carbocycles. The third kappa shape index (κ3) is 2.27. The van der Waals surface area contributed by atoms with Gasteiger partial charge in [0.25, 0.3) is 0 Å². The first kappa shape index (κ1) is 11.1. The van der Waals surface area contributed by atoms with Crippen molar-refractivity contribution in [3.8, 4) is 0 Å². The van der Waals surface area contributed by atoms with E-state index in [1.165, 1.54) is 0 Å². The molecule has 0 radical (unpaired) electrons. The Balaban J connectivity index is 3.09. The molecule has 0 saturated heterocycles. The van der Waals surface area contributed by atoms with Crippen LogP contribution in [0.25, 0.3) is 0 Å². The summed E-state index contributed by atoms with van der Waals surface area (Å²) in [5, 5.41) is -0.0950. The predicted molar refractivity (Wildman–Crippen MR) is 49.4 cm³/mol. The fourth-order valence-corrected chi connectivity index (χ4v) is 1.26. The topological polar surface area (TPSA) is 43.1 Å². The number of ketones is 1. The van der Waals surface area contributed by atoms with E-state index in [9.17, 15) is 13.6 Å². The molecule has 0 spiro atoms. The van der Waals surface area contributed by atoms with Crippen molar-refractivity contribution in [3.05, 3.63) is 34.4 Å². The van der Waals surface area contributed by atoms with Crippen molar-refractivity contribution < 1.29 is 13.6 Å². The molecule has 1 rings (SSSR count). The first-order valence-corrected chi connectivity index (χ1v) is 4.32. The van der Waals surface area contributed by atoms with Crippen LogP contribution in [0.5, 0.6) is 0 Å². The minimum atomic E-state index is -1.09. The van der Waals surface area contributed by atoms with Gasteiger partial charge in [-0.3, -0.25) is 4.79 Å². The number of benzene rings is 1. The van der Waals surface area contributed by atoms with Crippen LogP contribution in [0.3, 0.4) is 0 Å². The van der Waals surface area contributed by atoms with Crippen LogP contribution in [-0.4, -0.2) is 12.3 Å². The zero-order valence-electron chi connectivity index (χ0n) is 7.19. The van der Waals surface area contributed by atoms with Gasteiger partial charge in [0.05, 0.1) is 5.02 Å². The number of carbonyl (C=O) groups excluding carboxylic acids is 1. The molecule has 0 bridgehead atoms. The molecule has 5 heteroatoms. The SMILES string of the molecule is NCCC(=O)c1cc(F)c(F)cc1Cl. The Morgan fingerprint density at radius 2 is 1.93 bits per heavy atom. The second kappa shape index (κ2) is 4.48. The molecule has 0 heterocycles. The van der Waals surface area contributed by atoms with Crippen LogP contribution in [0.4, 0.5) is 8.78 Å². The second-order valence-electron chi connectivity index (χ2n) is 2.71. The van der Waals surface area contributed by atoms with Crippen LogP contribution in [-0.2, 0) is 0 Å². The van der Waals surface area contributed by atoms with Crippen LogP contribution < -0.4 is 5.73 Å². The van der Waals surface area contributed by atoms with Crippen LogP contribution in [0.2, 0.25) is 5.02 Å². The summed E-state index contributed by atoms with van der Waals surface area (Å²) >= 11 is 5.56. The quantitative estimate of drug-likeness (QED) is 0.625. The van der Waals surface area contributed by atoms with Gasteiger partial charge in [0.2, 0.25) is 0 Å². The lowest BCUT2D eigenvalue weighted by Crippen LogP contribution is -2.09. The van der Waals surface area contributed by atoms with E-state index in [0.29, 0.717) is 0 Å². The van der Waals surface area contributed by atoms with Gasteiger partial charge in [0.15, 0.2) is 17.4 Å². The predicted octanol–water partition coefficient (Wildman–Crippen LogP) is 2.15. The number of hydrogen-bond donors (Lipinski definition) is 1. The lowest BCUT2D eigenvalue weighted by molar-refractivity contribution is 0.0985. The molecule has 0 unspecified atom stereocenters. The Bertz CT molecular complexity index is 368. The lowest BCUT2D eigenvalue weighted by atomic mass is 10.1. The fraction of sp³-hybridized carbons (Fsp3) is 0.222. The van der Waals surface area contributed by atoms with Crippen LogP contribution in [0, 0.1) is 11.6 Å². The summed E-state index contributed by atoms with van der Waals surface area (Å²) in [7, 11) is 0. The summed E-state index contributed by atoms with van der Waals surface area (Å²) in [5.41, 5.74) is 5.12. The molecule has 76 valence electrons. The van der Waals surface area contributed by atoms with Crippen LogP contribution in [0.1, 0.15) is 16.8 Å². The lowest BCUT2D eigenvalue weighted by Gasteiger charge is -2.03. The zero-order valence-corrected chi connectivity index (χ0v) is 7.94. The van der Waals surface area contributed by atoms with Crippen molar-refractivity contribution in [1.29, 1.82) is 0 Å². The maximum atomic E-state index is 12.7. The van der Waals surface area contributed by atoms with Gasteiger partial charge in [-0.2, -0.15) is 0 Å². The molecule has 14 heavy (non-hydrogen) atoms. The molecule has 2 N–H and O–H groups in total. The van der Waals surface area contributed by atoms with Crippen molar-refractivity contribution in [2.75, 3.05) is 6.54 Å². The van der Waals surface area contributed by atoms with E-state index in [1.807, 2.05) is 0 Å². The van der Waals surface area contributed by atoms with Crippen LogP contribution >= 0.6 is 11.6 Å². The molecule has 0 fully saturated rings. The summed E-state index contributed by atoms with van der Waals surface area (Å²) in [5.74, 6) is -2.55. The van der Waals surface area contributed by atoms with Crippen molar-refractivity contribution >= 4 is 17.4 Å². The highest BCUT2D eigenvalue weighted by molar-refractivity contribution is 6.33. The summed E-state index contributed by atoms with van der Waals surface area (Å²) in [6.07, 6.45) is 0.0603. The molecule has 0 aliphatic carbocycles. The monoisotopic (exact) mass is 219 g/mol. The molecule has 0 atom stereocenters. The first-order valence-electron chi connectivity index (χ1n) is 3.94. The normalized spacial score (nSPS) is 10.3. The van der Waals surface area contributed by atoms with Crippen molar-refractivity contribution in [1.82, 2.24) is 0 Å². The molecule has 0 aromatic heterocycles. The standard InChI is InChI=1S/C9H8ClF2NO/c10-6-4-8(12)7(11)3-5(6)9(14)1-2-13/h3-4H,1-2,13H2. The Hall–Kier alpha value is -1.00. The Morgan fingerprint density at radius 3 is 2.50 bits per heavy atom. The van der Waals surface area contributed by atoms with Gasteiger partial charge < -0.3 is 5.73 Å². The van der Waals surface area contributed by atoms with Gasteiger partial charge >= 0.3 is 0 Å².